The Kier molecular flexibility index (Phi) is 19.1. The van der Waals surface area contributed by atoms with Gasteiger partial charge in [-0.3, -0.25) is 0 Å². The molecule has 23 aromatic carbocycles. The summed E-state index contributed by atoms with van der Waals surface area (Å²) in [5.74, 6) is 0. The highest BCUT2D eigenvalue weighted by Gasteiger charge is 2.25. The molecule has 0 atom stereocenters. The van der Waals surface area contributed by atoms with Gasteiger partial charge < -0.3 is 36.2 Å². The van der Waals surface area contributed by atoms with Crippen LogP contribution in [0.5, 0.6) is 0 Å². The molecule has 686 valence electrons. The second-order valence-electron chi connectivity index (χ2n) is 38.5. The van der Waals surface area contributed by atoms with Gasteiger partial charge in [-0.2, -0.15) is 0 Å². The normalized spacial score (nSPS) is 11.9. The highest BCUT2D eigenvalue weighted by molar-refractivity contribution is 7.25. The number of rotatable bonds is 11. The maximum absolute atomic E-state index is 6.49. The van der Waals surface area contributed by atoms with E-state index in [1.807, 2.05) is 35.6 Å². The second-order valence-corrected chi connectivity index (χ2v) is 39.6. The highest BCUT2D eigenvalue weighted by atomic mass is 32.1. The van der Waals surface area contributed by atoms with Gasteiger partial charge in [-0.15, -0.1) is 11.3 Å². The third-order valence-corrected chi connectivity index (χ3v) is 31.5. The van der Waals surface area contributed by atoms with Crippen molar-refractivity contribution in [2.45, 2.75) is 0 Å². The van der Waals surface area contributed by atoms with E-state index in [0.29, 0.717) is 0 Å². The Labute approximate surface area is 847 Å². The van der Waals surface area contributed by atoms with Crippen molar-refractivity contribution in [3.8, 4) is 89.8 Å². The quantitative estimate of drug-likeness (QED) is 0.130. The number of nitrogens with zero attached hydrogens (tertiary/aromatic N) is 6. The Morgan fingerprint density at radius 3 is 0.769 bits per heavy atom. The van der Waals surface area contributed by atoms with Crippen molar-refractivity contribution in [3.63, 3.8) is 0 Å². The van der Waals surface area contributed by atoms with Gasteiger partial charge in [0, 0.05) is 135 Å². The molecule has 0 spiro atoms. The molecule has 0 amide bonds. The molecule has 9 aromatic heterocycles. The largest absolute Gasteiger partial charge is 0.456 e. The van der Waals surface area contributed by atoms with Crippen LogP contribution in [0.2, 0.25) is 0 Å². The fourth-order valence-corrected chi connectivity index (χ4v) is 24.8. The lowest BCUT2D eigenvalue weighted by Crippen LogP contribution is -1.94. The van der Waals surface area contributed by atoms with Crippen molar-refractivity contribution in [2.24, 2.45) is 0 Å². The van der Waals surface area contributed by atoms with Crippen LogP contribution >= 0.6 is 11.3 Å². The molecule has 147 heavy (non-hydrogen) atoms. The van der Waals surface area contributed by atoms with E-state index in [1.54, 1.807) is 0 Å². The molecule has 0 saturated carbocycles. The summed E-state index contributed by atoms with van der Waals surface area (Å²) in [5.41, 5.74) is 37.0. The predicted octanol–water partition coefficient (Wildman–Crippen LogP) is 38.1. The summed E-state index contributed by atoms with van der Waals surface area (Å²) in [4.78, 5) is 0. The smallest absolute Gasteiger partial charge is 0.159 e. The van der Waals surface area contributed by atoms with Crippen LogP contribution in [0.15, 0.2) is 531 Å². The van der Waals surface area contributed by atoms with Gasteiger partial charge in [0.05, 0.1) is 71.9 Å². The molecule has 0 unspecified atom stereocenters. The first-order valence-electron chi connectivity index (χ1n) is 50.2. The lowest BCUT2D eigenvalue weighted by Gasteiger charge is -2.11. The van der Waals surface area contributed by atoms with E-state index in [2.05, 4.69) is 525 Å². The van der Waals surface area contributed by atoms with Gasteiger partial charge in [0.1, 0.15) is 16.7 Å². The summed E-state index contributed by atoms with van der Waals surface area (Å²) in [6.07, 6.45) is 0. The van der Waals surface area contributed by atoms with Crippen molar-refractivity contribution in [2.75, 3.05) is 0 Å². The van der Waals surface area contributed by atoms with Crippen molar-refractivity contribution < 1.29 is 8.83 Å². The minimum absolute atomic E-state index is 0.908. The van der Waals surface area contributed by atoms with Crippen molar-refractivity contribution >= 4 is 206 Å². The molecule has 0 aliphatic heterocycles. The van der Waals surface area contributed by atoms with Gasteiger partial charge in [-0.05, 0) is 274 Å². The number of fused-ring (bicyclic) bond motifs is 27. The summed E-state index contributed by atoms with van der Waals surface area (Å²) in [7, 11) is 0. The third kappa shape index (κ3) is 13.5. The zero-order valence-electron chi connectivity index (χ0n) is 79.6. The minimum atomic E-state index is 0.908. The lowest BCUT2D eigenvalue weighted by atomic mass is 10.0. The van der Waals surface area contributed by atoms with Gasteiger partial charge in [0.25, 0.3) is 0 Å². The Bertz CT molecular complexity index is 10600. The van der Waals surface area contributed by atoms with Crippen molar-refractivity contribution in [3.05, 3.63) is 522 Å². The molecular formula is C138H86N6O2S. The van der Waals surface area contributed by atoms with Gasteiger partial charge in [0.2, 0.25) is 0 Å². The SMILES string of the molecule is c1ccc(-n2c3ccccc3c3cc(-c4ccc5c(c4)c4ccccc4n5-c4cccc(-c5ccc6oc7ccccc7c6c5)c4)ccc32)cc1.c1ccc(-n2c3ccccc3c3cc(-c4ccc5c(c4)c4ccccc4n5-c4cccc(-c5ccc6sc7ccccc7c6c5)c4)ccc32)cc1.c1ccc(-n2c3ccccc3c3cc(-c4ccc5c(c4)c4ccccc4n5-c4cccc5c4oc4ccccc45)ccc32)cc1. The number of aromatic nitrogens is 6. The molecule has 0 N–H and O–H groups in total. The van der Waals surface area contributed by atoms with E-state index >= 15 is 0 Å². The Morgan fingerprint density at radius 2 is 0.374 bits per heavy atom. The van der Waals surface area contributed by atoms with Gasteiger partial charge in [0.15, 0.2) is 5.58 Å². The molecule has 9 heterocycles. The fourth-order valence-electron chi connectivity index (χ4n) is 23.7. The Balaban J connectivity index is 0.000000102. The summed E-state index contributed by atoms with van der Waals surface area (Å²) in [6.45, 7) is 0. The van der Waals surface area contributed by atoms with Crippen LogP contribution in [-0.2, 0) is 0 Å². The van der Waals surface area contributed by atoms with Crippen LogP contribution < -0.4 is 0 Å². The van der Waals surface area contributed by atoms with E-state index in [9.17, 15) is 0 Å². The molecule has 0 saturated heterocycles. The summed E-state index contributed by atoms with van der Waals surface area (Å²) in [6, 6.07) is 189. The van der Waals surface area contributed by atoms with E-state index in [4.69, 9.17) is 8.83 Å². The molecule has 0 fully saturated rings. The van der Waals surface area contributed by atoms with Crippen LogP contribution in [-0.4, -0.2) is 27.4 Å². The highest BCUT2D eigenvalue weighted by Crippen LogP contribution is 2.48. The van der Waals surface area contributed by atoms with Gasteiger partial charge >= 0.3 is 0 Å². The fraction of sp³-hybridized carbons (Fsp3) is 0. The standard InChI is InChI=1S/C48H30N2O.C48H30N2S.C42H26N2O/c2*1-2-12-35(13-3-1)49-43-18-7-4-15-37(43)40-28-32(21-24-45(40)49)33-22-25-46-41(29-33)38-16-5-8-19-44(38)50(46)36-14-10-11-31(27-36)34-23-26-48-42(30-34)39-17-6-9-20-47(39)51-48;1-2-11-29(12-3-1)43-36-17-7-4-13-30(36)34-25-27(21-23-38(34)43)28-22-24-39-35(26-28)31-14-5-8-18-37(31)44(39)40-19-10-16-33-32-15-6-9-20-41(32)45-42(33)40/h2*1-30H;1-26H. The maximum atomic E-state index is 6.49. The summed E-state index contributed by atoms with van der Waals surface area (Å²) in [5, 5.41) is 22.2. The molecule has 0 radical (unpaired) electrons. The monoisotopic (exact) mass is 1890 g/mol. The average molecular weight is 1890 g/mol. The van der Waals surface area contributed by atoms with E-state index in [1.165, 1.54) is 218 Å². The van der Waals surface area contributed by atoms with Crippen LogP contribution in [0.3, 0.4) is 0 Å². The van der Waals surface area contributed by atoms with E-state index in [0.717, 1.165) is 66.5 Å². The number of para-hydroxylation sites is 12. The maximum Gasteiger partial charge on any atom is 0.159 e. The number of hydrogen-bond acceptors (Lipinski definition) is 3. The first kappa shape index (κ1) is 83.5. The topological polar surface area (TPSA) is 55.9 Å². The molecule has 8 nitrogen and oxygen atoms in total. The third-order valence-electron chi connectivity index (χ3n) is 30.3. The summed E-state index contributed by atoms with van der Waals surface area (Å²) >= 11 is 1.86. The minimum Gasteiger partial charge on any atom is -0.456 e. The van der Waals surface area contributed by atoms with Gasteiger partial charge in [-0.1, -0.05) is 303 Å². The zero-order valence-corrected chi connectivity index (χ0v) is 80.4. The molecule has 32 aromatic rings. The molecular weight excluding hydrogens is 1810 g/mol. The number of hydrogen-bond donors (Lipinski definition) is 0. The van der Waals surface area contributed by atoms with E-state index < -0.39 is 0 Å². The number of benzene rings is 23. The van der Waals surface area contributed by atoms with Crippen molar-refractivity contribution in [1.29, 1.82) is 0 Å². The van der Waals surface area contributed by atoms with Crippen LogP contribution in [0.25, 0.3) is 285 Å². The lowest BCUT2D eigenvalue weighted by molar-refractivity contribution is 0.666. The van der Waals surface area contributed by atoms with Crippen molar-refractivity contribution in [1.82, 2.24) is 27.4 Å². The van der Waals surface area contributed by atoms with Crippen LogP contribution in [0.4, 0.5) is 0 Å². The molecule has 0 bridgehead atoms. The summed E-state index contributed by atoms with van der Waals surface area (Å²) < 4.78 is 29.6. The Hall–Kier alpha value is -19.3. The zero-order chi connectivity index (χ0) is 96.4. The van der Waals surface area contributed by atoms with Gasteiger partial charge in [-0.25, -0.2) is 0 Å². The van der Waals surface area contributed by atoms with E-state index in [-0.39, 0.29) is 0 Å². The second kappa shape index (κ2) is 33.7. The van der Waals surface area contributed by atoms with Crippen LogP contribution in [0.1, 0.15) is 0 Å². The molecule has 9 heteroatoms. The molecule has 32 rings (SSSR count). The molecule has 0 aliphatic carbocycles. The average Bonchev–Trinajstić information content (AvgIpc) is 1.45. The molecule has 0 aliphatic rings. The first-order valence-corrected chi connectivity index (χ1v) is 51.0. The van der Waals surface area contributed by atoms with Crippen LogP contribution in [0, 0.1) is 0 Å². The predicted molar refractivity (Wildman–Crippen MR) is 620 cm³/mol. The number of furan rings is 2. The first-order chi connectivity index (χ1) is 72.9. The Morgan fingerprint density at radius 1 is 0.129 bits per heavy atom. The number of thiophene rings is 1.